The molecule has 1 aliphatic rings. The molecule has 138 valence electrons. The summed E-state index contributed by atoms with van der Waals surface area (Å²) >= 11 is 0. The molecule has 27 heavy (non-hydrogen) atoms. The molecule has 0 radical (unpaired) electrons. The monoisotopic (exact) mass is 370 g/mol. The number of carbonyl (C=O) groups excluding carboxylic acids is 2. The summed E-state index contributed by atoms with van der Waals surface area (Å²) in [6.07, 6.45) is 0. The molecule has 0 bridgehead atoms. The molecule has 0 aliphatic carbocycles. The van der Waals surface area contributed by atoms with Crippen LogP contribution in [-0.2, 0) is 4.79 Å². The average Bonchev–Trinajstić information content (AvgIpc) is 2.61. The van der Waals surface area contributed by atoms with Crippen LogP contribution < -0.4 is 16.0 Å². The highest BCUT2D eigenvalue weighted by Gasteiger charge is 2.31. The molecule has 0 saturated heterocycles. The predicted molar refractivity (Wildman–Crippen MR) is 95.2 cm³/mol. The molecule has 3 N–H and O–H groups in total. The van der Waals surface area contributed by atoms with E-state index in [-0.39, 0.29) is 16.9 Å². The van der Waals surface area contributed by atoms with Crippen LogP contribution in [0.15, 0.2) is 59.8 Å². The van der Waals surface area contributed by atoms with Crippen LogP contribution in [0.25, 0.3) is 0 Å². The van der Waals surface area contributed by atoms with E-state index in [1.54, 1.807) is 6.92 Å². The number of carbonyl (C=O) groups is 2. The minimum absolute atomic E-state index is 0.163. The van der Waals surface area contributed by atoms with Gasteiger partial charge in [0, 0.05) is 23.5 Å². The Hall–Kier alpha value is -3.75. The molecule has 3 rings (SSSR count). The van der Waals surface area contributed by atoms with Crippen molar-refractivity contribution in [2.24, 2.45) is 0 Å². The van der Waals surface area contributed by atoms with E-state index in [9.17, 15) is 24.1 Å². The van der Waals surface area contributed by atoms with E-state index in [1.807, 2.05) is 0 Å². The van der Waals surface area contributed by atoms with E-state index in [0.29, 0.717) is 11.3 Å². The molecule has 0 saturated carbocycles. The molecule has 9 heteroatoms. The molecule has 1 atom stereocenters. The summed E-state index contributed by atoms with van der Waals surface area (Å²) in [5.74, 6) is -0.989. The Morgan fingerprint density at radius 3 is 2.59 bits per heavy atom. The summed E-state index contributed by atoms with van der Waals surface area (Å²) in [5.41, 5.74) is 1.14. The van der Waals surface area contributed by atoms with Crippen LogP contribution in [0.5, 0.6) is 0 Å². The molecule has 8 nitrogen and oxygen atoms in total. The molecular weight excluding hydrogens is 355 g/mol. The Morgan fingerprint density at radius 1 is 1.22 bits per heavy atom. The molecule has 2 aromatic rings. The molecule has 0 unspecified atom stereocenters. The number of nitro groups is 1. The SMILES string of the molecule is CC1=C(C(=O)Nc2cccc([N+](=O)[O-])c2)[C@@H](c2ccc(F)cc2)NC(=O)N1. The first kappa shape index (κ1) is 18.1. The number of urea groups is 1. The van der Waals surface area contributed by atoms with Gasteiger partial charge in [0.1, 0.15) is 5.82 Å². The van der Waals surface area contributed by atoms with Gasteiger partial charge < -0.3 is 16.0 Å². The van der Waals surface area contributed by atoms with Crippen molar-refractivity contribution in [1.82, 2.24) is 10.6 Å². The second kappa shape index (κ2) is 7.24. The molecule has 0 aromatic heterocycles. The van der Waals surface area contributed by atoms with Crippen molar-refractivity contribution in [2.45, 2.75) is 13.0 Å². The number of nitrogens with one attached hydrogen (secondary N) is 3. The predicted octanol–water partition coefficient (Wildman–Crippen LogP) is 3.00. The van der Waals surface area contributed by atoms with Gasteiger partial charge in [-0.25, -0.2) is 9.18 Å². The fourth-order valence-corrected chi connectivity index (χ4v) is 2.80. The average molecular weight is 370 g/mol. The first-order chi connectivity index (χ1) is 12.8. The normalized spacial score (nSPS) is 16.4. The maximum Gasteiger partial charge on any atom is 0.319 e. The van der Waals surface area contributed by atoms with E-state index in [2.05, 4.69) is 16.0 Å². The molecule has 1 aliphatic heterocycles. The summed E-state index contributed by atoms with van der Waals surface area (Å²) in [7, 11) is 0. The van der Waals surface area contributed by atoms with Gasteiger partial charge in [-0.1, -0.05) is 18.2 Å². The number of anilines is 1. The fourth-order valence-electron chi connectivity index (χ4n) is 2.80. The van der Waals surface area contributed by atoms with Crippen molar-refractivity contribution in [2.75, 3.05) is 5.32 Å². The van der Waals surface area contributed by atoms with Gasteiger partial charge >= 0.3 is 6.03 Å². The Bertz CT molecular complexity index is 956. The number of nitro benzene ring substituents is 1. The van der Waals surface area contributed by atoms with Gasteiger partial charge in [0.15, 0.2) is 0 Å². The maximum absolute atomic E-state index is 13.2. The van der Waals surface area contributed by atoms with Crippen LogP contribution in [-0.4, -0.2) is 16.9 Å². The second-order valence-electron chi connectivity index (χ2n) is 5.88. The Morgan fingerprint density at radius 2 is 1.93 bits per heavy atom. The number of nitrogens with zero attached hydrogens (tertiary/aromatic N) is 1. The van der Waals surface area contributed by atoms with Crippen molar-refractivity contribution in [3.05, 3.63) is 81.3 Å². The van der Waals surface area contributed by atoms with E-state index in [1.165, 1.54) is 48.5 Å². The van der Waals surface area contributed by atoms with Gasteiger partial charge in [-0.3, -0.25) is 14.9 Å². The lowest BCUT2D eigenvalue weighted by Gasteiger charge is -2.28. The minimum atomic E-state index is -0.793. The van der Waals surface area contributed by atoms with Gasteiger partial charge in [0.2, 0.25) is 0 Å². The quantitative estimate of drug-likeness (QED) is 0.567. The van der Waals surface area contributed by atoms with Crippen molar-refractivity contribution in [3.63, 3.8) is 0 Å². The smallest absolute Gasteiger partial charge is 0.319 e. The van der Waals surface area contributed by atoms with Gasteiger partial charge in [-0.15, -0.1) is 0 Å². The van der Waals surface area contributed by atoms with Crippen LogP contribution in [0.3, 0.4) is 0 Å². The number of allylic oxidation sites excluding steroid dienone is 1. The molecule has 1 heterocycles. The van der Waals surface area contributed by atoms with Gasteiger partial charge in [0.25, 0.3) is 11.6 Å². The van der Waals surface area contributed by atoms with Crippen LogP contribution in [0.4, 0.5) is 20.6 Å². The van der Waals surface area contributed by atoms with Crippen molar-refractivity contribution in [1.29, 1.82) is 0 Å². The van der Waals surface area contributed by atoms with E-state index >= 15 is 0 Å². The second-order valence-corrected chi connectivity index (χ2v) is 5.88. The Balaban J connectivity index is 1.93. The van der Waals surface area contributed by atoms with E-state index in [0.717, 1.165) is 0 Å². The number of non-ortho nitro benzene ring substituents is 1. The van der Waals surface area contributed by atoms with Gasteiger partial charge in [-0.05, 0) is 30.7 Å². The Kier molecular flexibility index (Phi) is 4.84. The van der Waals surface area contributed by atoms with Crippen LogP contribution in [0.2, 0.25) is 0 Å². The number of halogens is 1. The third-order valence-electron chi connectivity index (χ3n) is 4.03. The molecule has 0 fully saturated rings. The molecule has 2 aromatic carbocycles. The molecule has 0 spiro atoms. The first-order valence-electron chi connectivity index (χ1n) is 7.94. The fraction of sp³-hybridized carbons (Fsp3) is 0.111. The van der Waals surface area contributed by atoms with Gasteiger partial charge in [0.05, 0.1) is 16.5 Å². The van der Waals surface area contributed by atoms with E-state index < -0.39 is 28.7 Å². The number of hydrogen-bond donors (Lipinski definition) is 3. The minimum Gasteiger partial charge on any atom is -0.327 e. The number of benzene rings is 2. The summed E-state index contributed by atoms with van der Waals surface area (Å²) in [6, 6.07) is 9.63. The lowest BCUT2D eigenvalue weighted by atomic mass is 9.95. The topological polar surface area (TPSA) is 113 Å². The number of rotatable bonds is 4. The largest absolute Gasteiger partial charge is 0.327 e. The summed E-state index contributed by atoms with van der Waals surface area (Å²) in [4.78, 5) is 35.0. The summed E-state index contributed by atoms with van der Waals surface area (Å²) in [5, 5.41) is 18.6. The summed E-state index contributed by atoms with van der Waals surface area (Å²) in [6.45, 7) is 1.57. The standard InChI is InChI=1S/C18H15FN4O4/c1-10-15(17(24)21-13-3-2-4-14(9-13)23(26)27)16(22-18(25)20-10)11-5-7-12(19)8-6-11/h2-9,16H,1H3,(H,21,24)(H2,20,22,25)/t16-/m1/s1. The van der Waals surface area contributed by atoms with Crippen molar-refractivity contribution >= 4 is 23.3 Å². The molecule has 3 amide bonds. The third-order valence-corrected chi connectivity index (χ3v) is 4.03. The van der Waals surface area contributed by atoms with Gasteiger partial charge in [-0.2, -0.15) is 0 Å². The zero-order valence-corrected chi connectivity index (χ0v) is 14.2. The zero-order chi connectivity index (χ0) is 19.6. The first-order valence-corrected chi connectivity index (χ1v) is 7.94. The molecular formula is C18H15FN4O4. The highest BCUT2D eigenvalue weighted by atomic mass is 19.1. The highest BCUT2D eigenvalue weighted by Crippen LogP contribution is 2.28. The number of hydrogen-bond acceptors (Lipinski definition) is 4. The van der Waals surface area contributed by atoms with Crippen LogP contribution >= 0.6 is 0 Å². The van der Waals surface area contributed by atoms with Crippen LogP contribution in [0.1, 0.15) is 18.5 Å². The van der Waals surface area contributed by atoms with Crippen molar-refractivity contribution < 1.29 is 18.9 Å². The maximum atomic E-state index is 13.2. The lowest BCUT2D eigenvalue weighted by Crippen LogP contribution is -2.45. The zero-order valence-electron chi connectivity index (χ0n) is 14.2. The van der Waals surface area contributed by atoms with Crippen molar-refractivity contribution in [3.8, 4) is 0 Å². The van der Waals surface area contributed by atoms with Crippen LogP contribution in [0, 0.1) is 15.9 Å². The summed E-state index contributed by atoms with van der Waals surface area (Å²) < 4.78 is 13.2. The lowest BCUT2D eigenvalue weighted by molar-refractivity contribution is -0.384. The highest BCUT2D eigenvalue weighted by molar-refractivity contribution is 6.06. The third kappa shape index (κ3) is 3.92. The number of amides is 3. The van der Waals surface area contributed by atoms with E-state index in [4.69, 9.17) is 0 Å². The Labute approximate surface area is 153 Å².